The predicted molar refractivity (Wildman–Crippen MR) is 72.7 cm³/mol. The van der Waals surface area contributed by atoms with Gasteiger partial charge in [0, 0.05) is 26.7 Å². The van der Waals surface area contributed by atoms with E-state index in [1.54, 1.807) is 11.9 Å². The number of hydrogen-bond donors (Lipinski definition) is 2. The Kier molecular flexibility index (Phi) is 5.75. The zero-order valence-electron chi connectivity index (χ0n) is 12.3. The zero-order chi connectivity index (χ0) is 14.5. The van der Waals surface area contributed by atoms with Gasteiger partial charge in [-0.05, 0) is 20.8 Å². The van der Waals surface area contributed by atoms with E-state index in [1.165, 1.54) is 0 Å². The van der Waals surface area contributed by atoms with E-state index in [0.29, 0.717) is 32.8 Å². The lowest BCUT2D eigenvalue weighted by Crippen LogP contribution is -2.52. The molecule has 6 heteroatoms. The molecular formula is C13H25N3O3. The molecule has 0 aromatic heterocycles. The van der Waals surface area contributed by atoms with Gasteiger partial charge in [-0.25, -0.2) is 0 Å². The number of nitrogens with zero attached hydrogens (tertiary/aromatic N) is 1. The Morgan fingerprint density at radius 3 is 2.42 bits per heavy atom. The molecule has 110 valence electrons. The fourth-order valence-corrected chi connectivity index (χ4v) is 1.97. The molecule has 0 saturated carbocycles. The van der Waals surface area contributed by atoms with Crippen molar-refractivity contribution in [3.63, 3.8) is 0 Å². The quantitative estimate of drug-likeness (QED) is 0.713. The first-order valence-corrected chi connectivity index (χ1v) is 6.70. The molecule has 2 N–H and O–H groups in total. The molecule has 0 aromatic rings. The molecule has 19 heavy (non-hydrogen) atoms. The third-order valence-corrected chi connectivity index (χ3v) is 3.39. The Bertz CT molecular complexity index is 325. The van der Waals surface area contributed by atoms with Crippen molar-refractivity contribution in [2.45, 2.75) is 26.8 Å². The Morgan fingerprint density at radius 1 is 1.32 bits per heavy atom. The van der Waals surface area contributed by atoms with Crippen LogP contribution in [-0.2, 0) is 14.3 Å². The van der Waals surface area contributed by atoms with Crippen LogP contribution in [0.15, 0.2) is 0 Å². The van der Waals surface area contributed by atoms with E-state index in [0.717, 1.165) is 0 Å². The van der Waals surface area contributed by atoms with E-state index >= 15 is 0 Å². The fourth-order valence-electron chi connectivity index (χ4n) is 1.97. The van der Waals surface area contributed by atoms with Crippen LogP contribution < -0.4 is 10.6 Å². The second-order valence-electron chi connectivity index (χ2n) is 5.50. The van der Waals surface area contributed by atoms with Crippen LogP contribution in [0.5, 0.6) is 0 Å². The second-order valence-corrected chi connectivity index (χ2v) is 5.50. The first-order chi connectivity index (χ1) is 8.88. The summed E-state index contributed by atoms with van der Waals surface area (Å²) in [5, 5.41) is 5.77. The lowest BCUT2D eigenvalue weighted by Gasteiger charge is -2.31. The Labute approximate surface area is 114 Å². The predicted octanol–water partition coefficient (Wildman–Crippen LogP) is -0.404. The monoisotopic (exact) mass is 271 g/mol. The molecule has 1 heterocycles. The maximum atomic E-state index is 12.2. The highest BCUT2D eigenvalue weighted by Crippen LogP contribution is 2.13. The van der Waals surface area contributed by atoms with Crippen LogP contribution >= 0.6 is 0 Å². The summed E-state index contributed by atoms with van der Waals surface area (Å²) in [7, 11) is 1.62. The highest BCUT2D eigenvalue weighted by Gasteiger charge is 2.29. The zero-order valence-corrected chi connectivity index (χ0v) is 12.3. The smallest absolute Gasteiger partial charge is 0.239 e. The molecule has 1 rings (SSSR count). The minimum Gasteiger partial charge on any atom is -0.378 e. The fraction of sp³-hybridized carbons (Fsp3) is 0.846. The minimum atomic E-state index is -0.533. The van der Waals surface area contributed by atoms with Crippen molar-refractivity contribution < 1.29 is 14.3 Å². The summed E-state index contributed by atoms with van der Waals surface area (Å²) in [6.07, 6.45) is 0. The number of hydrogen-bond acceptors (Lipinski definition) is 4. The molecule has 0 aliphatic carbocycles. The molecule has 6 nitrogen and oxygen atoms in total. The van der Waals surface area contributed by atoms with Crippen molar-refractivity contribution in [1.29, 1.82) is 0 Å². The van der Waals surface area contributed by atoms with Gasteiger partial charge < -0.3 is 20.3 Å². The Hall–Kier alpha value is -1.14. The van der Waals surface area contributed by atoms with Crippen LogP contribution in [0, 0.1) is 5.41 Å². The van der Waals surface area contributed by atoms with Gasteiger partial charge in [0.2, 0.25) is 11.8 Å². The normalized spacial score (nSPS) is 18.0. The summed E-state index contributed by atoms with van der Waals surface area (Å²) in [6.45, 7) is 8.48. The van der Waals surface area contributed by atoms with Gasteiger partial charge in [0.25, 0.3) is 0 Å². The third-order valence-electron chi connectivity index (χ3n) is 3.39. The Balaban J connectivity index is 2.43. The summed E-state index contributed by atoms with van der Waals surface area (Å²) >= 11 is 0. The summed E-state index contributed by atoms with van der Waals surface area (Å²) in [5.41, 5.74) is -0.533. The van der Waals surface area contributed by atoms with Crippen molar-refractivity contribution in [2.75, 3.05) is 39.9 Å². The first kappa shape index (κ1) is 15.9. The average Bonchev–Trinajstić information content (AvgIpc) is 2.43. The SMILES string of the molecule is CNC(=O)C(C)(C)CNC(C)C(=O)N1CCOCC1. The number of carbonyl (C=O) groups excluding carboxylic acids is 2. The van der Waals surface area contributed by atoms with E-state index in [9.17, 15) is 9.59 Å². The van der Waals surface area contributed by atoms with Crippen molar-refractivity contribution >= 4 is 11.8 Å². The molecule has 1 unspecified atom stereocenters. The topological polar surface area (TPSA) is 70.7 Å². The lowest BCUT2D eigenvalue weighted by atomic mass is 9.92. The molecule has 0 aromatic carbocycles. The van der Waals surface area contributed by atoms with E-state index in [2.05, 4.69) is 10.6 Å². The highest BCUT2D eigenvalue weighted by atomic mass is 16.5. The average molecular weight is 271 g/mol. The number of nitrogens with one attached hydrogen (secondary N) is 2. The summed E-state index contributed by atoms with van der Waals surface area (Å²) in [4.78, 5) is 25.6. The van der Waals surface area contributed by atoms with Crippen molar-refractivity contribution in [2.24, 2.45) is 5.41 Å². The molecule has 0 radical (unpaired) electrons. The summed E-state index contributed by atoms with van der Waals surface area (Å²) in [6, 6.07) is -0.290. The van der Waals surface area contributed by atoms with Crippen LogP contribution in [0.2, 0.25) is 0 Å². The maximum absolute atomic E-state index is 12.2. The molecule has 0 spiro atoms. The lowest BCUT2D eigenvalue weighted by molar-refractivity contribution is -0.137. The Morgan fingerprint density at radius 2 is 1.89 bits per heavy atom. The number of carbonyl (C=O) groups is 2. The molecule has 0 bridgehead atoms. The van der Waals surface area contributed by atoms with Gasteiger partial charge in [-0.1, -0.05) is 0 Å². The van der Waals surface area contributed by atoms with E-state index < -0.39 is 5.41 Å². The summed E-state index contributed by atoms with van der Waals surface area (Å²) < 4.78 is 5.22. The molecule has 2 amide bonds. The highest BCUT2D eigenvalue weighted by molar-refractivity contribution is 5.83. The van der Waals surface area contributed by atoms with Crippen LogP contribution in [0.4, 0.5) is 0 Å². The molecular weight excluding hydrogens is 246 g/mol. The van der Waals surface area contributed by atoms with Gasteiger partial charge in [0.1, 0.15) is 0 Å². The number of rotatable bonds is 5. The van der Waals surface area contributed by atoms with Gasteiger partial charge in [0.15, 0.2) is 0 Å². The second kappa shape index (κ2) is 6.86. The van der Waals surface area contributed by atoms with Gasteiger partial charge in [-0.3, -0.25) is 9.59 Å². The molecule has 1 atom stereocenters. The van der Waals surface area contributed by atoms with Crippen molar-refractivity contribution in [1.82, 2.24) is 15.5 Å². The van der Waals surface area contributed by atoms with Gasteiger partial charge in [0.05, 0.1) is 24.7 Å². The third kappa shape index (κ3) is 4.47. The largest absolute Gasteiger partial charge is 0.378 e. The van der Waals surface area contributed by atoms with Crippen LogP contribution in [0.3, 0.4) is 0 Å². The molecule has 1 fully saturated rings. The first-order valence-electron chi connectivity index (χ1n) is 6.70. The standard InChI is InChI=1S/C13H25N3O3/c1-10(11(17)16-5-7-19-8-6-16)15-9-13(2,3)12(18)14-4/h10,15H,5-9H2,1-4H3,(H,14,18). The van der Waals surface area contributed by atoms with E-state index in [1.807, 2.05) is 20.8 Å². The molecule has 1 aliphatic rings. The van der Waals surface area contributed by atoms with Crippen LogP contribution in [0.25, 0.3) is 0 Å². The van der Waals surface area contributed by atoms with Crippen molar-refractivity contribution in [3.8, 4) is 0 Å². The van der Waals surface area contributed by atoms with Crippen LogP contribution in [0.1, 0.15) is 20.8 Å². The van der Waals surface area contributed by atoms with Gasteiger partial charge in [-0.2, -0.15) is 0 Å². The molecule has 1 aliphatic heterocycles. The van der Waals surface area contributed by atoms with Gasteiger partial charge >= 0.3 is 0 Å². The number of ether oxygens (including phenoxy) is 1. The minimum absolute atomic E-state index is 0.0361. The summed E-state index contributed by atoms with van der Waals surface area (Å²) in [5.74, 6) is 0.0297. The van der Waals surface area contributed by atoms with E-state index in [4.69, 9.17) is 4.74 Å². The maximum Gasteiger partial charge on any atom is 0.239 e. The number of amides is 2. The van der Waals surface area contributed by atoms with Crippen LogP contribution in [-0.4, -0.2) is 62.7 Å². The van der Waals surface area contributed by atoms with E-state index in [-0.39, 0.29) is 17.9 Å². The number of morpholine rings is 1. The van der Waals surface area contributed by atoms with Gasteiger partial charge in [-0.15, -0.1) is 0 Å². The van der Waals surface area contributed by atoms with Crippen molar-refractivity contribution in [3.05, 3.63) is 0 Å². The molecule has 1 saturated heterocycles.